The Hall–Kier alpha value is -4.58. The number of benzene rings is 3. The third kappa shape index (κ3) is 7.93. The number of amides is 2. The lowest BCUT2D eigenvalue weighted by Crippen LogP contribution is -2.36. The molecular formula is C33H33F3N6O2S. The number of carbonyl (C=O) groups is 1. The third-order valence-electron chi connectivity index (χ3n) is 7.29. The SMILES string of the molecule is C/C(NC(=O)/N=C1\SCCCN1c1ccccc1C(C)C)=C(/C)c1ccc(-c2ncn(-c3ccc(OC(F)(F)F)cc3)n2)cc1. The number of hydrogen-bond donors (Lipinski definition) is 1. The Morgan fingerprint density at radius 2 is 1.73 bits per heavy atom. The van der Waals surface area contributed by atoms with Gasteiger partial charge in [-0.1, -0.05) is 68.1 Å². The van der Waals surface area contributed by atoms with Gasteiger partial charge < -0.3 is 15.0 Å². The largest absolute Gasteiger partial charge is 0.573 e. The molecule has 4 aromatic rings. The van der Waals surface area contributed by atoms with Gasteiger partial charge in [0, 0.05) is 29.2 Å². The second kappa shape index (κ2) is 13.6. The zero-order valence-electron chi connectivity index (χ0n) is 25.3. The highest BCUT2D eigenvalue weighted by Crippen LogP contribution is 2.32. The van der Waals surface area contributed by atoms with Crippen LogP contribution in [0.15, 0.2) is 89.8 Å². The van der Waals surface area contributed by atoms with Crippen molar-refractivity contribution in [3.8, 4) is 22.8 Å². The zero-order valence-corrected chi connectivity index (χ0v) is 26.1. The first-order valence-corrected chi connectivity index (χ1v) is 15.4. The molecule has 1 N–H and O–H groups in total. The van der Waals surface area contributed by atoms with Gasteiger partial charge in [0.2, 0.25) is 0 Å². The number of anilines is 1. The highest BCUT2D eigenvalue weighted by atomic mass is 32.2. The quantitative estimate of drug-likeness (QED) is 0.220. The molecule has 234 valence electrons. The summed E-state index contributed by atoms with van der Waals surface area (Å²) in [6.45, 7) is 8.90. The van der Waals surface area contributed by atoms with Crippen LogP contribution in [0, 0.1) is 0 Å². The number of allylic oxidation sites excluding steroid dienone is 2. The van der Waals surface area contributed by atoms with E-state index in [0.717, 1.165) is 41.1 Å². The molecule has 45 heavy (non-hydrogen) atoms. The van der Waals surface area contributed by atoms with Crippen LogP contribution in [0.5, 0.6) is 5.75 Å². The Morgan fingerprint density at radius 3 is 2.42 bits per heavy atom. The lowest BCUT2D eigenvalue weighted by molar-refractivity contribution is -0.274. The van der Waals surface area contributed by atoms with Crippen LogP contribution in [0.4, 0.5) is 23.7 Å². The van der Waals surface area contributed by atoms with Gasteiger partial charge in [-0.05, 0) is 73.2 Å². The first-order valence-electron chi connectivity index (χ1n) is 14.4. The summed E-state index contributed by atoms with van der Waals surface area (Å²) in [5, 5.41) is 8.08. The van der Waals surface area contributed by atoms with Crippen molar-refractivity contribution in [2.75, 3.05) is 17.2 Å². The van der Waals surface area contributed by atoms with Crippen LogP contribution in [-0.4, -0.2) is 44.6 Å². The van der Waals surface area contributed by atoms with E-state index in [4.69, 9.17) is 0 Å². The van der Waals surface area contributed by atoms with Crippen LogP contribution in [0.3, 0.4) is 0 Å². The van der Waals surface area contributed by atoms with Crippen molar-refractivity contribution >= 4 is 34.2 Å². The lowest BCUT2D eigenvalue weighted by atomic mass is 10.0. The first-order chi connectivity index (χ1) is 21.5. The molecule has 2 amide bonds. The average Bonchev–Trinajstić information content (AvgIpc) is 3.51. The summed E-state index contributed by atoms with van der Waals surface area (Å²) in [7, 11) is 0. The minimum Gasteiger partial charge on any atom is -0.406 e. The molecule has 0 bridgehead atoms. The number of aliphatic imine (C=N–C) groups is 1. The molecule has 8 nitrogen and oxygen atoms in total. The van der Waals surface area contributed by atoms with Gasteiger partial charge in [-0.2, -0.15) is 4.99 Å². The fourth-order valence-electron chi connectivity index (χ4n) is 4.87. The number of urea groups is 1. The highest BCUT2D eigenvalue weighted by molar-refractivity contribution is 8.14. The maximum absolute atomic E-state index is 13.0. The number of amidine groups is 1. The van der Waals surface area contributed by atoms with Crippen LogP contribution < -0.4 is 15.0 Å². The fourth-order valence-corrected chi connectivity index (χ4v) is 5.82. The van der Waals surface area contributed by atoms with E-state index in [9.17, 15) is 18.0 Å². The van der Waals surface area contributed by atoms with Gasteiger partial charge in [0.25, 0.3) is 0 Å². The van der Waals surface area contributed by atoms with Crippen molar-refractivity contribution in [2.45, 2.75) is 46.4 Å². The van der Waals surface area contributed by atoms with E-state index in [1.165, 1.54) is 40.8 Å². The van der Waals surface area contributed by atoms with Gasteiger partial charge in [0.15, 0.2) is 11.0 Å². The van der Waals surface area contributed by atoms with E-state index >= 15 is 0 Å². The van der Waals surface area contributed by atoms with E-state index in [2.05, 4.69) is 56.0 Å². The van der Waals surface area contributed by atoms with Gasteiger partial charge in [-0.15, -0.1) is 18.3 Å². The number of ether oxygens (including phenoxy) is 1. The van der Waals surface area contributed by atoms with Crippen molar-refractivity contribution in [2.24, 2.45) is 4.99 Å². The van der Waals surface area contributed by atoms with Crippen LogP contribution in [-0.2, 0) is 0 Å². The maximum atomic E-state index is 13.0. The topological polar surface area (TPSA) is 84.6 Å². The Morgan fingerprint density at radius 1 is 1.02 bits per heavy atom. The minimum absolute atomic E-state index is 0.313. The second-order valence-electron chi connectivity index (χ2n) is 10.8. The van der Waals surface area contributed by atoms with E-state index in [1.807, 2.05) is 50.2 Å². The number of halogens is 3. The van der Waals surface area contributed by atoms with Gasteiger partial charge in [-0.25, -0.2) is 14.5 Å². The number of carbonyl (C=O) groups excluding carboxylic acids is 1. The number of thioether (sulfide) groups is 1. The molecular weight excluding hydrogens is 601 g/mol. The monoisotopic (exact) mass is 634 g/mol. The number of aromatic nitrogens is 3. The zero-order chi connectivity index (χ0) is 32.1. The van der Waals surface area contributed by atoms with Crippen molar-refractivity contribution < 1.29 is 22.7 Å². The van der Waals surface area contributed by atoms with Gasteiger partial charge in [0.1, 0.15) is 12.1 Å². The smallest absolute Gasteiger partial charge is 0.406 e. The van der Waals surface area contributed by atoms with Gasteiger partial charge in [-0.3, -0.25) is 0 Å². The average molecular weight is 635 g/mol. The second-order valence-corrected chi connectivity index (χ2v) is 11.8. The summed E-state index contributed by atoms with van der Waals surface area (Å²) < 4.78 is 42.7. The summed E-state index contributed by atoms with van der Waals surface area (Å²) in [5.41, 5.74) is 6.07. The molecule has 1 fully saturated rings. The number of para-hydroxylation sites is 1. The minimum atomic E-state index is -4.75. The number of nitrogens with one attached hydrogen (secondary N) is 1. The molecule has 0 atom stereocenters. The molecule has 1 saturated heterocycles. The Balaban J connectivity index is 1.27. The fraction of sp³-hybridized carbons (Fsp3) is 0.273. The van der Waals surface area contributed by atoms with Crippen LogP contribution in [0.2, 0.25) is 0 Å². The molecule has 5 rings (SSSR count). The molecule has 1 aliphatic rings. The lowest BCUT2D eigenvalue weighted by Gasteiger charge is -2.31. The number of nitrogens with zero attached hydrogens (tertiary/aromatic N) is 5. The summed E-state index contributed by atoms with van der Waals surface area (Å²) in [4.78, 5) is 24.0. The van der Waals surface area contributed by atoms with Gasteiger partial charge >= 0.3 is 12.4 Å². The van der Waals surface area contributed by atoms with Crippen molar-refractivity contribution in [3.63, 3.8) is 0 Å². The van der Waals surface area contributed by atoms with Crippen LogP contribution in [0.25, 0.3) is 22.6 Å². The van der Waals surface area contributed by atoms with Crippen molar-refractivity contribution in [1.82, 2.24) is 20.1 Å². The van der Waals surface area contributed by atoms with Gasteiger partial charge in [0.05, 0.1) is 5.69 Å². The number of alkyl halides is 3. The molecule has 3 aromatic carbocycles. The van der Waals surface area contributed by atoms with Crippen molar-refractivity contribution in [1.29, 1.82) is 0 Å². The molecule has 1 aromatic heterocycles. The predicted octanol–water partition coefficient (Wildman–Crippen LogP) is 8.42. The summed E-state index contributed by atoms with van der Waals surface area (Å²) in [6, 6.07) is 20.8. The molecule has 0 radical (unpaired) electrons. The molecule has 12 heteroatoms. The number of hydrogen-bond acceptors (Lipinski definition) is 5. The Labute approximate surface area is 264 Å². The van der Waals surface area contributed by atoms with E-state index < -0.39 is 12.4 Å². The molecule has 0 unspecified atom stereocenters. The summed E-state index contributed by atoms with van der Waals surface area (Å²) in [5.74, 6) is 1.39. The van der Waals surface area contributed by atoms with Crippen LogP contribution in [0.1, 0.15) is 51.2 Å². The van der Waals surface area contributed by atoms with Crippen molar-refractivity contribution in [3.05, 3.63) is 95.9 Å². The molecule has 2 heterocycles. The Kier molecular flexibility index (Phi) is 9.62. The number of rotatable bonds is 7. The Bertz CT molecular complexity index is 1710. The highest BCUT2D eigenvalue weighted by Gasteiger charge is 2.31. The van der Waals surface area contributed by atoms with E-state index in [0.29, 0.717) is 28.3 Å². The predicted molar refractivity (Wildman–Crippen MR) is 173 cm³/mol. The van der Waals surface area contributed by atoms with E-state index in [1.54, 1.807) is 11.8 Å². The maximum Gasteiger partial charge on any atom is 0.573 e. The van der Waals surface area contributed by atoms with E-state index in [-0.39, 0.29) is 5.75 Å². The molecule has 0 aliphatic carbocycles. The standard InChI is InChI=1S/C33H33F3N6O2S/c1-21(2)28-8-5-6-9-29(28)41-18-7-19-45-32(41)39-31(43)38-23(4)22(3)24-10-12-25(13-11-24)30-37-20-42(40-30)26-14-16-27(17-15-26)44-33(34,35)36/h5-6,8-17,20-21H,7,18-19H2,1-4H3,(H,38,43)/b23-22+,39-32-. The summed E-state index contributed by atoms with van der Waals surface area (Å²) in [6.07, 6.45) is -2.26. The van der Waals surface area contributed by atoms with Crippen LogP contribution >= 0.6 is 11.8 Å². The normalized spacial score (nSPS) is 15.3. The molecule has 0 spiro atoms. The third-order valence-corrected chi connectivity index (χ3v) is 8.36. The summed E-state index contributed by atoms with van der Waals surface area (Å²) >= 11 is 1.59. The first kappa shape index (κ1) is 31.8. The molecule has 0 saturated carbocycles. The molecule has 1 aliphatic heterocycles.